The van der Waals surface area contributed by atoms with Crippen LogP contribution in [0.15, 0.2) is 72.8 Å². The average Bonchev–Trinajstić information content (AvgIpc) is 3.67. The number of rotatable bonds is 2. The molecular formula is C31H23FN2O2. The summed E-state index contributed by atoms with van der Waals surface area (Å²) < 4.78 is 20.7. The molecule has 0 radical (unpaired) electrons. The molecule has 1 aromatic heterocycles. The molecule has 2 N–H and O–H groups in total. The molecule has 1 fully saturated rings. The molecule has 3 heterocycles. The maximum absolute atomic E-state index is 14.0. The summed E-state index contributed by atoms with van der Waals surface area (Å²) in [6.07, 6.45) is 1.74. The van der Waals surface area contributed by atoms with Crippen LogP contribution < -0.4 is 5.32 Å². The molecular weight excluding hydrogens is 451 g/mol. The van der Waals surface area contributed by atoms with Gasteiger partial charge in [-0.2, -0.15) is 0 Å². The lowest BCUT2D eigenvalue weighted by Gasteiger charge is -2.37. The Morgan fingerprint density at radius 1 is 0.944 bits per heavy atom. The number of fused-ring (bicyclic) bond motifs is 10. The maximum atomic E-state index is 14.0. The SMILES string of the molecule is O=C1NCc2c1c1c(c3[nH]c4ccccc4c23)C(C2(c3ccc(F)cc3)CCCO2)c2ccccc2-1. The fraction of sp³-hybridized carbons (Fsp3) is 0.194. The third-order valence-corrected chi connectivity index (χ3v) is 8.43. The van der Waals surface area contributed by atoms with E-state index in [0.717, 1.165) is 73.6 Å². The minimum Gasteiger partial charge on any atom is -0.369 e. The lowest BCUT2D eigenvalue weighted by atomic mass is 9.73. The lowest BCUT2D eigenvalue weighted by Crippen LogP contribution is -2.33. The molecule has 4 aromatic carbocycles. The van der Waals surface area contributed by atoms with Gasteiger partial charge in [-0.3, -0.25) is 4.79 Å². The Labute approximate surface area is 207 Å². The van der Waals surface area contributed by atoms with E-state index in [0.29, 0.717) is 13.2 Å². The molecule has 1 aliphatic carbocycles. The highest BCUT2D eigenvalue weighted by atomic mass is 19.1. The van der Waals surface area contributed by atoms with Crippen molar-refractivity contribution >= 4 is 27.7 Å². The largest absolute Gasteiger partial charge is 0.369 e. The van der Waals surface area contributed by atoms with Crippen LogP contribution in [0.25, 0.3) is 32.9 Å². The molecule has 176 valence electrons. The van der Waals surface area contributed by atoms with Gasteiger partial charge in [0.05, 0.1) is 11.1 Å². The van der Waals surface area contributed by atoms with Crippen molar-refractivity contribution in [3.8, 4) is 11.1 Å². The van der Waals surface area contributed by atoms with E-state index in [-0.39, 0.29) is 17.6 Å². The molecule has 1 amide bonds. The zero-order valence-electron chi connectivity index (χ0n) is 19.5. The van der Waals surface area contributed by atoms with Crippen molar-refractivity contribution < 1.29 is 13.9 Å². The quantitative estimate of drug-likeness (QED) is 0.306. The normalized spacial score (nSPS) is 22.1. The molecule has 8 rings (SSSR count). The van der Waals surface area contributed by atoms with Gasteiger partial charge in [-0.1, -0.05) is 54.6 Å². The first-order chi connectivity index (χ1) is 17.7. The van der Waals surface area contributed by atoms with Crippen molar-refractivity contribution in [2.45, 2.75) is 30.9 Å². The lowest BCUT2D eigenvalue weighted by molar-refractivity contribution is -0.0128. The number of carbonyl (C=O) groups excluding carboxylic acids is 1. The van der Waals surface area contributed by atoms with Crippen LogP contribution >= 0.6 is 0 Å². The summed E-state index contributed by atoms with van der Waals surface area (Å²) in [5.41, 5.74) is 8.66. The number of aromatic amines is 1. The average molecular weight is 475 g/mol. The molecule has 5 aromatic rings. The third-order valence-electron chi connectivity index (χ3n) is 8.43. The molecule has 2 aliphatic heterocycles. The first kappa shape index (κ1) is 20.3. The first-order valence-electron chi connectivity index (χ1n) is 12.5. The highest BCUT2D eigenvalue weighted by Crippen LogP contribution is 2.61. The summed E-state index contributed by atoms with van der Waals surface area (Å²) in [4.78, 5) is 17.1. The standard InChI is InChI=1S/C31H23FN2O2/c32-18-12-10-17(11-13-18)31(14-5-15-36-31)28-20-7-2-1-6-19(20)25-26-22(16-33-30(26)35)24-21-8-3-4-9-23(21)34-29(24)27(25)28/h1-4,6-13,28,34H,5,14-16H2,(H,33,35). The maximum Gasteiger partial charge on any atom is 0.252 e. The monoisotopic (exact) mass is 474 g/mol. The smallest absolute Gasteiger partial charge is 0.252 e. The number of hydrogen-bond acceptors (Lipinski definition) is 2. The molecule has 36 heavy (non-hydrogen) atoms. The Morgan fingerprint density at radius 3 is 2.58 bits per heavy atom. The molecule has 2 atom stereocenters. The molecule has 0 saturated carbocycles. The van der Waals surface area contributed by atoms with Gasteiger partial charge in [0.25, 0.3) is 5.91 Å². The third kappa shape index (κ3) is 2.43. The van der Waals surface area contributed by atoms with E-state index < -0.39 is 5.60 Å². The topological polar surface area (TPSA) is 54.1 Å². The second-order valence-corrected chi connectivity index (χ2v) is 10.1. The molecule has 0 spiro atoms. The van der Waals surface area contributed by atoms with Gasteiger partial charge >= 0.3 is 0 Å². The number of hydrogen-bond donors (Lipinski definition) is 2. The van der Waals surface area contributed by atoms with Crippen molar-refractivity contribution in [1.82, 2.24) is 10.3 Å². The number of halogens is 1. The van der Waals surface area contributed by atoms with Crippen molar-refractivity contribution in [3.05, 3.63) is 106 Å². The number of ether oxygens (including phenoxy) is 1. The predicted octanol–water partition coefficient (Wildman–Crippen LogP) is 6.52. The summed E-state index contributed by atoms with van der Waals surface area (Å²) in [6, 6.07) is 23.5. The summed E-state index contributed by atoms with van der Waals surface area (Å²) >= 11 is 0. The fourth-order valence-electron chi connectivity index (χ4n) is 7.08. The van der Waals surface area contributed by atoms with Crippen LogP contribution in [0, 0.1) is 5.82 Å². The predicted molar refractivity (Wildman–Crippen MR) is 138 cm³/mol. The highest BCUT2D eigenvalue weighted by Gasteiger charge is 2.52. The van der Waals surface area contributed by atoms with Crippen molar-refractivity contribution in [2.75, 3.05) is 6.61 Å². The van der Waals surface area contributed by atoms with Crippen molar-refractivity contribution in [2.24, 2.45) is 0 Å². The van der Waals surface area contributed by atoms with E-state index in [4.69, 9.17) is 4.74 Å². The van der Waals surface area contributed by atoms with Crippen molar-refractivity contribution in [3.63, 3.8) is 0 Å². The number of aromatic nitrogens is 1. The Balaban J connectivity index is 1.55. The van der Waals surface area contributed by atoms with Gasteiger partial charge in [0.1, 0.15) is 11.4 Å². The Bertz CT molecular complexity index is 1730. The van der Waals surface area contributed by atoms with Crippen LogP contribution in [0.4, 0.5) is 4.39 Å². The molecule has 2 unspecified atom stereocenters. The van der Waals surface area contributed by atoms with Crippen molar-refractivity contribution in [1.29, 1.82) is 0 Å². The van der Waals surface area contributed by atoms with E-state index in [1.165, 1.54) is 12.1 Å². The van der Waals surface area contributed by atoms with Gasteiger partial charge in [0.2, 0.25) is 0 Å². The summed E-state index contributed by atoms with van der Waals surface area (Å²) in [5.74, 6) is -0.412. The number of para-hydroxylation sites is 1. The number of nitrogens with one attached hydrogen (secondary N) is 2. The number of benzene rings is 4. The number of amides is 1. The van der Waals surface area contributed by atoms with Crippen LogP contribution in [-0.4, -0.2) is 17.5 Å². The first-order valence-corrected chi connectivity index (χ1v) is 12.5. The molecule has 0 bridgehead atoms. The molecule has 1 saturated heterocycles. The van der Waals surface area contributed by atoms with E-state index in [9.17, 15) is 9.18 Å². The van der Waals surface area contributed by atoms with Gasteiger partial charge in [-0.25, -0.2) is 4.39 Å². The zero-order valence-corrected chi connectivity index (χ0v) is 19.5. The van der Waals surface area contributed by atoms with E-state index in [1.807, 2.05) is 30.3 Å². The van der Waals surface area contributed by atoms with E-state index >= 15 is 0 Å². The molecule has 5 heteroatoms. The van der Waals surface area contributed by atoms with Gasteiger partial charge in [0, 0.05) is 40.9 Å². The highest BCUT2D eigenvalue weighted by molar-refractivity contribution is 6.20. The minimum absolute atomic E-state index is 0.0212. The fourth-order valence-corrected chi connectivity index (χ4v) is 7.08. The van der Waals surface area contributed by atoms with Gasteiger partial charge in [0.15, 0.2) is 0 Å². The second kappa shape index (κ2) is 7.05. The summed E-state index contributed by atoms with van der Waals surface area (Å²) in [5, 5.41) is 5.34. The van der Waals surface area contributed by atoms with E-state index in [2.05, 4.69) is 40.6 Å². The van der Waals surface area contributed by atoms with Crippen LogP contribution in [0.5, 0.6) is 0 Å². The second-order valence-electron chi connectivity index (χ2n) is 10.1. The van der Waals surface area contributed by atoms with Crippen LogP contribution in [0.3, 0.4) is 0 Å². The molecule has 3 aliphatic rings. The van der Waals surface area contributed by atoms with Gasteiger partial charge in [-0.05, 0) is 58.9 Å². The Morgan fingerprint density at radius 2 is 1.75 bits per heavy atom. The van der Waals surface area contributed by atoms with Gasteiger partial charge < -0.3 is 15.0 Å². The Kier molecular flexibility index (Phi) is 3.97. The summed E-state index contributed by atoms with van der Waals surface area (Å²) in [6.45, 7) is 1.17. The van der Waals surface area contributed by atoms with Gasteiger partial charge in [-0.15, -0.1) is 0 Å². The number of H-pyrrole nitrogens is 1. The van der Waals surface area contributed by atoms with Crippen LogP contribution in [-0.2, 0) is 16.9 Å². The minimum atomic E-state index is -0.650. The summed E-state index contributed by atoms with van der Waals surface area (Å²) in [7, 11) is 0. The molecule has 4 nitrogen and oxygen atoms in total. The van der Waals surface area contributed by atoms with Crippen LogP contribution in [0.1, 0.15) is 51.4 Å². The number of carbonyl (C=O) groups is 1. The van der Waals surface area contributed by atoms with Crippen LogP contribution in [0.2, 0.25) is 0 Å². The zero-order chi connectivity index (χ0) is 24.0. The Hall–Kier alpha value is -3.96. The van der Waals surface area contributed by atoms with E-state index in [1.54, 1.807) is 0 Å².